The number of esters is 1. The van der Waals surface area contributed by atoms with Gasteiger partial charge in [0.25, 0.3) is 11.8 Å². The molecule has 2 amide bonds. The number of rotatable bonds is 5. The third-order valence-corrected chi connectivity index (χ3v) is 7.69. The molecule has 0 spiro atoms. The molecule has 0 bridgehead atoms. The van der Waals surface area contributed by atoms with Gasteiger partial charge >= 0.3 is 5.97 Å². The van der Waals surface area contributed by atoms with Crippen molar-refractivity contribution in [3.63, 3.8) is 0 Å². The van der Waals surface area contributed by atoms with Crippen molar-refractivity contribution >= 4 is 33.7 Å². The van der Waals surface area contributed by atoms with Crippen LogP contribution in [0.25, 0.3) is 17.4 Å². The molecular formula is C25H22N2O7S. The van der Waals surface area contributed by atoms with Crippen LogP contribution in [-0.2, 0) is 24.2 Å². The molecule has 2 aromatic rings. The molecule has 0 radical (unpaired) electrons. The van der Waals surface area contributed by atoms with Crippen molar-refractivity contribution in [3.05, 3.63) is 64.4 Å². The molecule has 0 aliphatic carbocycles. The number of imide groups is 1. The first kappa shape index (κ1) is 24.2. The molecule has 1 atom stereocenters. The van der Waals surface area contributed by atoms with E-state index in [1.807, 2.05) is 6.07 Å². The predicted molar refractivity (Wildman–Crippen MR) is 125 cm³/mol. The number of hydrogen-bond acceptors (Lipinski definition) is 8. The number of nitrogens with zero attached hydrogens (tertiary/aromatic N) is 2. The number of hydrogen-bond donors (Lipinski definition) is 0. The van der Waals surface area contributed by atoms with Gasteiger partial charge in [-0.25, -0.2) is 13.2 Å². The topological polar surface area (TPSA) is 135 Å². The van der Waals surface area contributed by atoms with E-state index >= 15 is 0 Å². The summed E-state index contributed by atoms with van der Waals surface area (Å²) in [5.41, 5.74) is 1.18. The first-order chi connectivity index (χ1) is 16.6. The molecule has 4 rings (SSSR count). The number of carbonyl (C=O) groups is 3. The Bertz CT molecular complexity index is 1420. The van der Waals surface area contributed by atoms with E-state index in [-0.39, 0.29) is 41.3 Å². The first-order valence-corrected chi connectivity index (χ1v) is 12.8. The number of nitriles is 1. The maximum Gasteiger partial charge on any atom is 0.338 e. The summed E-state index contributed by atoms with van der Waals surface area (Å²) in [4.78, 5) is 38.8. The molecule has 1 unspecified atom stereocenters. The average molecular weight is 495 g/mol. The second-order valence-corrected chi connectivity index (χ2v) is 10.4. The molecule has 0 N–H and O–H groups in total. The number of benzene rings is 1. The van der Waals surface area contributed by atoms with Gasteiger partial charge in [-0.15, -0.1) is 0 Å². The zero-order chi connectivity index (χ0) is 25.3. The standard InChI is InChI=1S/C25H22N2O7S/c1-3-33-25(30)17-6-4-16(5-7-17)22-9-8-19(34-22)12-20-15(2)21(13-26)24(29)27(23(20)28)18-10-11-35(31,32)14-18/h4-9,12,18H,3,10-11,14H2,1-2H3/b20-12+. The second kappa shape index (κ2) is 9.35. The Hall–Kier alpha value is -3.97. The molecule has 10 heteroatoms. The van der Waals surface area contributed by atoms with Crippen LogP contribution in [0.4, 0.5) is 0 Å². The van der Waals surface area contributed by atoms with E-state index < -0.39 is 33.7 Å². The van der Waals surface area contributed by atoms with Crippen LogP contribution in [-0.4, -0.2) is 55.3 Å². The van der Waals surface area contributed by atoms with Gasteiger partial charge in [0.2, 0.25) is 0 Å². The molecule has 9 nitrogen and oxygen atoms in total. The van der Waals surface area contributed by atoms with Gasteiger partial charge in [0.05, 0.1) is 29.7 Å². The van der Waals surface area contributed by atoms with Crippen LogP contribution in [0.15, 0.2) is 57.5 Å². The van der Waals surface area contributed by atoms with Gasteiger partial charge in [-0.1, -0.05) is 12.1 Å². The van der Waals surface area contributed by atoms with Crippen molar-refractivity contribution in [1.82, 2.24) is 4.90 Å². The lowest BCUT2D eigenvalue weighted by Crippen LogP contribution is -2.49. The van der Waals surface area contributed by atoms with Crippen molar-refractivity contribution in [2.45, 2.75) is 26.3 Å². The summed E-state index contributed by atoms with van der Waals surface area (Å²) in [5, 5.41) is 9.54. The summed E-state index contributed by atoms with van der Waals surface area (Å²) in [7, 11) is -3.36. The Morgan fingerprint density at radius 1 is 1.20 bits per heavy atom. The van der Waals surface area contributed by atoms with Gasteiger partial charge in [-0.05, 0) is 56.2 Å². The predicted octanol–water partition coefficient (Wildman–Crippen LogP) is 2.90. The summed E-state index contributed by atoms with van der Waals surface area (Å²) in [6.07, 6.45) is 1.58. The number of carbonyl (C=O) groups excluding carboxylic acids is 3. The third kappa shape index (κ3) is 4.68. The maximum atomic E-state index is 13.3. The van der Waals surface area contributed by atoms with Crippen molar-refractivity contribution in [2.24, 2.45) is 0 Å². The second-order valence-electron chi connectivity index (χ2n) is 8.21. The minimum Gasteiger partial charge on any atom is -0.462 e. The van der Waals surface area contributed by atoms with Crippen molar-refractivity contribution in [2.75, 3.05) is 18.1 Å². The molecule has 0 saturated carbocycles. The number of sulfone groups is 1. The summed E-state index contributed by atoms with van der Waals surface area (Å²) >= 11 is 0. The van der Waals surface area contributed by atoms with Crippen LogP contribution in [0.1, 0.15) is 36.4 Å². The zero-order valence-electron chi connectivity index (χ0n) is 19.1. The monoisotopic (exact) mass is 494 g/mol. The van der Waals surface area contributed by atoms with Crippen LogP contribution < -0.4 is 0 Å². The Labute approximate surface area is 202 Å². The molecule has 3 heterocycles. The molecule has 1 saturated heterocycles. The Kier molecular flexibility index (Phi) is 6.45. The van der Waals surface area contributed by atoms with E-state index in [0.29, 0.717) is 22.6 Å². The summed E-state index contributed by atoms with van der Waals surface area (Å²) < 4.78 is 34.7. The molecule has 1 aromatic heterocycles. The lowest BCUT2D eigenvalue weighted by atomic mass is 9.93. The van der Waals surface area contributed by atoms with Crippen LogP contribution in [0, 0.1) is 11.3 Å². The molecule has 180 valence electrons. The van der Waals surface area contributed by atoms with Gasteiger partial charge in [0.15, 0.2) is 9.84 Å². The van der Waals surface area contributed by atoms with E-state index in [1.165, 1.54) is 13.0 Å². The van der Waals surface area contributed by atoms with Crippen LogP contribution >= 0.6 is 0 Å². The summed E-state index contributed by atoms with van der Waals surface area (Å²) in [6.45, 7) is 3.50. The van der Waals surface area contributed by atoms with Crippen LogP contribution in [0.5, 0.6) is 0 Å². The highest BCUT2D eigenvalue weighted by molar-refractivity contribution is 7.91. The molecule has 1 fully saturated rings. The minimum atomic E-state index is -3.36. The van der Waals surface area contributed by atoms with E-state index in [9.17, 15) is 28.1 Å². The Balaban J connectivity index is 1.65. The average Bonchev–Trinajstić information content (AvgIpc) is 3.43. The maximum absolute atomic E-state index is 13.3. The first-order valence-electron chi connectivity index (χ1n) is 10.9. The lowest BCUT2D eigenvalue weighted by Gasteiger charge is -2.31. The Morgan fingerprint density at radius 3 is 2.51 bits per heavy atom. The highest BCUT2D eigenvalue weighted by Crippen LogP contribution is 2.32. The quantitative estimate of drug-likeness (QED) is 0.352. The highest BCUT2D eigenvalue weighted by atomic mass is 32.2. The molecule has 2 aliphatic rings. The van der Waals surface area contributed by atoms with Gasteiger partial charge in [-0.3, -0.25) is 14.5 Å². The fraction of sp³-hybridized carbons (Fsp3) is 0.280. The fourth-order valence-corrected chi connectivity index (χ4v) is 5.82. The summed E-state index contributed by atoms with van der Waals surface area (Å²) in [5.74, 6) is -1.52. The smallest absolute Gasteiger partial charge is 0.338 e. The van der Waals surface area contributed by atoms with E-state index in [1.54, 1.807) is 43.3 Å². The number of furan rings is 1. The fourth-order valence-electron chi connectivity index (χ4n) is 4.12. The van der Waals surface area contributed by atoms with E-state index in [2.05, 4.69) is 0 Å². The molecule has 2 aliphatic heterocycles. The lowest BCUT2D eigenvalue weighted by molar-refractivity contribution is -0.142. The zero-order valence-corrected chi connectivity index (χ0v) is 19.9. The minimum absolute atomic E-state index is 0.0870. The molecular weight excluding hydrogens is 472 g/mol. The molecule has 35 heavy (non-hydrogen) atoms. The van der Waals surface area contributed by atoms with E-state index in [0.717, 1.165) is 4.90 Å². The SMILES string of the molecule is CCOC(=O)c1ccc(-c2ccc(/C=C3/C(=O)N(C4CCS(=O)(=O)C4)C(=O)C(C#N)=C3C)o2)cc1. The van der Waals surface area contributed by atoms with Crippen LogP contribution in [0.2, 0.25) is 0 Å². The van der Waals surface area contributed by atoms with E-state index in [4.69, 9.17) is 9.15 Å². The van der Waals surface area contributed by atoms with Crippen molar-refractivity contribution < 1.29 is 32.0 Å². The van der Waals surface area contributed by atoms with Gasteiger partial charge in [-0.2, -0.15) is 5.26 Å². The van der Waals surface area contributed by atoms with Crippen molar-refractivity contribution in [3.8, 4) is 17.4 Å². The third-order valence-electron chi connectivity index (χ3n) is 5.94. The number of ether oxygens (including phenoxy) is 1. The van der Waals surface area contributed by atoms with Gasteiger partial charge in [0.1, 0.15) is 23.2 Å². The summed E-state index contributed by atoms with van der Waals surface area (Å²) in [6, 6.07) is 11.0. The van der Waals surface area contributed by atoms with Gasteiger partial charge < -0.3 is 9.15 Å². The van der Waals surface area contributed by atoms with Gasteiger partial charge in [0, 0.05) is 11.1 Å². The molecule has 1 aromatic carbocycles. The Morgan fingerprint density at radius 2 is 1.91 bits per heavy atom. The highest BCUT2D eigenvalue weighted by Gasteiger charge is 2.43. The van der Waals surface area contributed by atoms with Crippen molar-refractivity contribution in [1.29, 1.82) is 5.26 Å². The largest absolute Gasteiger partial charge is 0.462 e. The normalized spacial score (nSPS) is 20.9. The van der Waals surface area contributed by atoms with Crippen LogP contribution in [0.3, 0.4) is 0 Å². The number of amides is 2.